The first kappa shape index (κ1) is 77.7. The van der Waals surface area contributed by atoms with E-state index >= 15 is 0 Å². The smallest absolute Gasteiger partial charge is 0.346 e. The van der Waals surface area contributed by atoms with Crippen molar-refractivity contribution in [3.63, 3.8) is 0 Å². The number of nitrogens with zero attached hydrogens (tertiary/aromatic N) is 11. The molecule has 0 aliphatic heterocycles. The van der Waals surface area contributed by atoms with Crippen molar-refractivity contribution in [3.05, 3.63) is 194 Å². The molecule has 0 saturated carbocycles. The minimum absolute atomic E-state index is 0. The third-order valence-electron chi connectivity index (χ3n) is 13.7. The van der Waals surface area contributed by atoms with Gasteiger partial charge in [0.25, 0.3) is 16.4 Å². The molecule has 0 aliphatic carbocycles. The van der Waals surface area contributed by atoms with Crippen LogP contribution in [0.25, 0.3) is 0 Å². The normalized spacial score (nSPS) is 11.3. The number of sulfone groups is 3. The van der Waals surface area contributed by atoms with Gasteiger partial charge in [0.05, 0.1) is 84.8 Å². The molecule has 9 rings (SSSR count). The SMILES string of the molecule is C.CCN(CC)CC.Cc1cc(=O)n(C)[nH]1.Cc1cnn(Cc2c(S(C)(=O)=O)ccc(C(=O)Cl)c2Cl)c1.Cc1cnn(Cc2c(S(C)(=O)=O)ccc(C(=O)Oc3cc(C)nn3C)c2Cl)c1.Cc1cnn(Cc2c(S(C)(=O)=O)ccc(C(=O)c3c(C)[nH]n(C)c3=O)c2Cl)c1. The third-order valence-corrected chi connectivity index (χ3v) is 18.7. The van der Waals surface area contributed by atoms with Crippen LogP contribution in [0.3, 0.4) is 0 Å². The Morgan fingerprint density at radius 3 is 1.24 bits per heavy atom. The number of halogens is 4. The highest BCUT2D eigenvalue weighted by Crippen LogP contribution is 2.33. The first-order chi connectivity index (χ1) is 42.8. The van der Waals surface area contributed by atoms with Crippen LogP contribution in [-0.4, -0.2) is 144 Å². The molecule has 0 aliphatic rings. The van der Waals surface area contributed by atoms with Crippen LogP contribution in [0.2, 0.25) is 15.1 Å². The van der Waals surface area contributed by atoms with Crippen LogP contribution in [0.15, 0.2) is 110 Å². The van der Waals surface area contributed by atoms with Crippen LogP contribution in [0, 0.1) is 41.5 Å². The van der Waals surface area contributed by atoms with Crippen molar-refractivity contribution in [2.75, 3.05) is 38.4 Å². The van der Waals surface area contributed by atoms with Gasteiger partial charge in [-0.05, 0) is 126 Å². The van der Waals surface area contributed by atoms with Gasteiger partial charge in [-0.15, -0.1) is 0 Å². The molecule has 0 amide bonds. The van der Waals surface area contributed by atoms with Gasteiger partial charge in [0, 0.05) is 104 Å². The number of aromatic nitrogens is 12. The zero-order valence-corrected chi connectivity index (χ0v) is 58.9. The molecule has 0 unspecified atom stereocenters. The van der Waals surface area contributed by atoms with Gasteiger partial charge in [0.15, 0.2) is 29.5 Å². The summed E-state index contributed by atoms with van der Waals surface area (Å²) < 4.78 is 86.7. The van der Waals surface area contributed by atoms with Gasteiger partial charge >= 0.3 is 5.97 Å². The van der Waals surface area contributed by atoms with E-state index in [0.29, 0.717) is 17.0 Å². The Morgan fingerprint density at radius 1 is 0.570 bits per heavy atom. The molecule has 3 aromatic carbocycles. The predicted molar refractivity (Wildman–Crippen MR) is 360 cm³/mol. The van der Waals surface area contributed by atoms with Crippen LogP contribution >= 0.6 is 46.4 Å². The Balaban J connectivity index is 0.000000267. The average molecular weight is 1420 g/mol. The Morgan fingerprint density at radius 2 is 0.957 bits per heavy atom. The highest BCUT2D eigenvalue weighted by molar-refractivity contribution is 7.91. The number of esters is 1. The monoisotopic (exact) mass is 1420 g/mol. The highest BCUT2D eigenvalue weighted by Gasteiger charge is 2.28. The Kier molecular flexibility index (Phi) is 27.5. The maximum Gasteiger partial charge on any atom is 0.346 e. The van der Waals surface area contributed by atoms with Crippen LogP contribution in [0.4, 0.5) is 0 Å². The molecule has 0 bridgehead atoms. The number of benzene rings is 3. The highest BCUT2D eigenvalue weighted by atomic mass is 35.5. The van der Waals surface area contributed by atoms with E-state index in [9.17, 15) is 49.2 Å². The van der Waals surface area contributed by atoms with Gasteiger partial charge in [-0.25, -0.2) is 34.7 Å². The number of rotatable bonds is 17. The van der Waals surface area contributed by atoms with Crippen molar-refractivity contribution in [2.24, 2.45) is 21.1 Å². The van der Waals surface area contributed by atoms with E-state index in [4.69, 9.17) is 51.1 Å². The number of aryl methyl sites for hydroxylation is 9. The molecule has 0 fully saturated rings. The van der Waals surface area contributed by atoms with E-state index in [1.807, 2.05) is 27.7 Å². The first-order valence-electron chi connectivity index (χ1n) is 28.0. The lowest BCUT2D eigenvalue weighted by molar-refractivity contribution is 0.0719. The lowest BCUT2D eigenvalue weighted by atomic mass is 10.0. The quantitative estimate of drug-likeness (QED) is 0.0487. The van der Waals surface area contributed by atoms with Crippen molar-refractivity contribution in [1.82, 2.24) is 63.6 Å². The van der Waals surface area contributed by atoms with Crippen molar-refractivity contribution in [1.29, 1.82) is 0 Å². The number of aromatic amines is 2. The fraction of sp³-hybridized carbons (Fsp3) is 0.361. The predicted octanol–water partition coefficient (Wildman–Crippen LogP) is 9.10. The minimum atomic E-state index is -3.60. The number of hydrogen-bond donors (Lipinski definition) is 2. The molecule has 6 heterocycles. The summed E-state index contributed by atoms with van der Waals surface area (Å²) in [4.78, 5) is 62.3. The largest absolute Gasteiger partial charge is 0.404 e. The van der Waals surface area contributed by atoms with Gasteiger partial charge < -0.3 is 14.7 Å². The van der Waals surface area contributed by atoms with Crippen LogP contribution in [0.1, 0.15) is 115 Å². The molecule has 6 aromatic heterocycles. The fourth-order valence-electron chi connectivity index (χ4n) is 9.15. The molecule has 0 saturated heterocycles. The zero-order valence-electron chi connectivity index (χ0n) is 53.4. The number of ketones is 1. The number of nitrogens with one attached hydrogen (secondary N) is 2. The molecule has 9 aromatic rings. The molecular formula is C61H77Cl4N13O12S3. The second-order valence-corrected chi connectivity index (χ2v) is 28.8. The maximum absolute atomic E-state index is 13.0. The second kappa shape index (κ2) is 32.9. The van der Waals surface area contributed by atoms with Crippen LogP contribution < -0.4 is 15.9 Å². The van der Waals surface area contributed by atoms with Crippen molar-refractivity contribution in [2.45, 2.75) is 104 Å². The van der Waals surface area contributed by atoms with Crippen LogP contribution in [0.5, 0.6) is 5.88 Å². The fourth-order valence-corrected chi connectivity index (χ4v) is 13.2. The molecule has 2 N–H and O–H groups in total. The number of carbonyl (C=O) groups excluding carboxylic acids is 3. The second-order valence-electron chi connectivity index (χ2n) is 21.3. The number of H-pyrrole nitrogens is 2. The summed E-state index contributed by atoms with van der Waals surface area (Å²) in [6.45, 7) is 21.2. The van der Waals surface area contributed by atoms with E-state index in [0.717, 1.165) is 41.2 Å². The molecule has 0 spiro atoms. The molecule has 32 heteroatoms. The molecule has 0 radical (unpaired) electrons. The summed E-state index contributed by atoms with van der Waals surface area (Å²) in [5.41, 5.74) is 5.28. The number of hydrogen-bond acceptors (Lipinski definition) is 17. The van der Waals surface area contributed by atoms with E-state index in [1.54, 1.807) is 91.3 Å². The van der Waals surface area contributed by atoms with E-state index < -0.39 is 52.1 Å². The summed E-state index contributed by atoms with van der Waals surface area (Å²) in [5, 5.41) is 21.4. The standard InChI is InChI=1S/2C18H19ClN4O4S.C13H12Cl2N2O3S.C6H15N.C5H8N2O.CH4/c1-11-8-20-23(9-11)10-14-15(28(4,25)26)6-5-13(17(14)19)18(24)27-16-7-12(2)21-22(16)3;1-10-7-20-23(8-10)9-13-14(28(4,26)27)6-5-12(16(13)19)17(24)15-11(2)21-22(3)18(15)25;1-8-5-16-17(6-8)7-10-11(21(2,19)20)4-3-9(12(10)14)13(15)18;1-4-7(5-2)6-3;1-4-3-5(8)7(2)6-4;/h5-9H,10H2,1-4H3;5-8,21H,9H2,1-4H3;3-6H,7H2,1-2H3;4-6H2,1-3H3;3,6H,1-2H3;1H4. The molecular weight excluding hydrogens is 1340 g/mol. The molecule has 25 nitrogen and oxygen atoms in total. The van der Waals surface area contributed by atoms with Gasteiger partial charge in [0.1, 0.15) is 5.56 Å². The Hall–Kier alpha value is -7.70. The third kappa shape index (κ3) is 20.6. The summed E-state index contributed by atoms with van der Waals surface area (Å²) in [7, 11) is -5.81. The maximum atomic E-state index is 13.0. The topological polar surface area (TPSA) is 313 Å². The zero-order chi connectivity index (χ0) is 69.1. The van der Waals surface area contributed by atoms with Gasteiger partial charge in [0.2, 0.25) is 11.7 Å². The first-order valence-corrected chi connectivity index (χ1v) is 35.2. The molecule has 0 atom stereocenters. The van der Waals surface area contributed by atoms with Crippen LogP contribution in [-0.2, 0) is 70.3 Å². The summed E-state index contributed by atoms with van der Waals surface area (Å²) in [6, 6.07) is 11.2. The number of carbonyl (C=O) groups is 3. The van der Waals surface area contributed by atoms with Crippen molar-refractivity contribution in [3.8, 4) is 5.88 Å². The average Bonchev–Trinajstić information content (AvgIpc) is 0.990. The number of ether oxygens (including phenoxy) is 1. The lowest BCUT2D eigenvalue weighted by Gasteiger charge is -2.14. The Bertz CT molecular complexity index is 4640. The van der Waals surface area contributed by atoms with Crippen molar-refractivity contribution < 1.29 is 44.4 Å². The lowest BCUT2D eigenvalue weighted by Crippen LogP contribution is -2.21. The van der Waals surface area contributed by atoms with Gasteiger partial charge in [-0.1, -0.05) is 63.0 Å². The molecule has 504 valence electrons. The van der Waals surface area contributed by atoms with E-state index in [1.165, 1.54) is 77.1 Å². The van der Waals surface area contributed by atoms with E-state index in [-0.39, 0.29) is 102 Å². The summed E-state index contributed by atoms with van der Waals surface area (Å²) >= 11 is 24.6. The van der Waals surface area contributed by atoms with Crippen molar-refractivity contribution >= 4 is 92.9 Å². The molecule has 93 heavy (non-hydrogen) atoms. The summed E-state index contributed by atoms with van der Waals surface area (Å²) in [5.74, 6) is -1.01. The van der Waals surface area contributed by atoms with Gasteiger partial charge in [-0.2, -0.15) is 20.4 Å². The van der Waals surface area contributed by atoms with E-state index in [2.05, 4.69) is 56.3 Å². The summed E-state index contributed by atoms with van der Waals surface area (Å²) in [6.07, 6.45) is 13.4. The minimum Gasteiger partial charge on any atom is -0.404 e. The van der Waals surface area contributed by atoms with Gasteiger partial charge in [-0.3, -0.25) is 47.7 Å². The Labute approximate surface area is 560 Å².